The molecule has 0 aliphatic rings. The largest absolute Gasteiger partial charge is 0.363 e. The lowest BCUT2D eigenvalue weighted by Crippen LogP contribution is -2.10. The second kappa shape index (κ2) is 6.49. The summed E-state index contributed by atoms with van der Waals surface area (Å²) < 4.78 is 0. The maximum atomic E-state index is 5.37. The molecule has 13 heavy (non-hydrogen) atoms. The van der Waals surface area contributed by atoms with E-state index in [0.717, 1.165) is 12.1 Å². The third-order valence-electron chi connectivity index (χ3n) is 1.70. The molecule has 0 heterocycles. The third kappa shape index (κ3) is 5.26. The van der Waals surface area contributed by atoms with Crippen molar-refractivity contribution in [2.45, 2.75) is 27.2 Å². The molecule has 0 bridgehead atoms. The Kier molecular flexibility index (Phi) is 5.98. The third-order valence-corrected chi connectivity index (χ3v) is 1.70. The van der Waals surface area contributed by atoms with E-state index in [4.69, 9.17) is 5.73 Å². The predicted octanol–water partition coefficient (Wildman–Crippen LogP) is 2.31. The highest BCUT2D eigenvalue weighted by Crippen LogP contribution is 2.07. The number of hydrogen-bond acceptors (Lipinski definition) is 2. The molecule has 74 valence electrons. The van der Waals surface area contributed by atoms with Crippen LogP contribution >= 0.6 is 0 Å². The van der Waals surface area contributed by atoms with E-state index in [-0.39, 0.29) is 0 Å². The van der Waals surface area contributed by atoms with Gasteiger partial charge in [0.2, 0.25) is 0 Å². The van der Waals surface area contributed by atoms with Crippen LogP contribution in [0.4, 0.5) is 0 Å². The number of allylic oxidation sites excluding steroid dienone is 4. The van der Waals surface area contributed by atoms with Crippen LogP contribution in [0.25, 0.3) is 0 Å². The van der Waals surface area contributed by atoms with Crippen molar-refractivity contribution in [2.75, 3.05) is 6.54 Å². The fourth-order valence-electron chi connectivity index (χ4n) is 1.07. The Bertz CT molecular complexity index is 224. The van der Waals surface area contributed by atoms with Crippen LogP contribution in [0.1, 0.15) is 27.2 Å². The first-order valence-corrected chi connectivity index (χ1v) is 4.60. The first-order chi connectivity index (χ1) is 6.11. The molecular formula is C11H20N2. The van der Waals surface area contributed by atoms with Gasteiger partial charge in [-0.2, -0.15) is 0 Å². The van der Waals surface area contributed by atoms with Crippen molar-refractivity contribution < 1.29 is 0 Å². The van der Waals surface area contributed by atoms with Crippen molar-refractivity contribution in [2.24, 2.45) is 5.73 Å². The van der Waals surface area contributed by atoms with E-state index < -0.39 is 0 Å². The highest BCUT2D eigenvalue weighted by atomic mass is 14.9. The fraction of sp³-hybridized carbons (Fsp3) is 0.455. The lowest BCUT2D eigenvalue weighted by Gasteiger charge is -2.10. The van der Waals surface area contributed by atoms with E-state index >= 15 is 0 Å². The van der Waals surface area contributed by atoms with E-state index in [1.165, 1.54) is 11.3 Å². The minimum absolute atomic E-state index is 0.585. The molecule has 0 rings (SSSR count). The van der Waals surface area contributed by atoms with Gasteiger partial charge < -0.3 is 11.1 Å². The fourth-order valence-corrected chi connectivity index (χ4v) is 1.07. The standard InChI is InChI=1S/C11H20N2/c1-5-11(13-9(2)3)10(4)7-6-8-12/h6-7,13H,2,5,8,12H2,1,3-4H3/b7-6-,11-10+. The summed E-state index contributed by atoms with van der Waals surface area (Å²) in [5, 5.41) is 3.23. The van der Waals surface area contributed by atoms with Gasteiger partial charge in [0, 0.05) is 17.9 Å². The first kappa shape index (κ1) is 12.0. The van der Waals surface area contributed by atoms with Crippen LogP contribution in [0.15, 0.2) is 35.7 Å². The molecule has 0 amide bonds. The maximum absolute atomic E-state index is 5.37. The van der Waals surface area contributed by atoms with Gasteiger partial charge in [-0.3, -0.25) is 0 Å². The van der Waals surface area contributed by atoms with Crippen molar-refractivity contribution >= 4 is 0 Å². The highest BCUT2D eigenvalue weighted by Gasteiger charge is 1.96. The topological polar surface area (TPSA) is 38.0 Å². The molecule has 0 fully saturated rings. The average Bonchev–Trinajstić information content (AvgIpc) is 2.09. The number of nitrogens with one attached hydrogen (secondary N) is 1. The Morgan fingerprint density at radius 1 is 1.46 bits per heavy atom. The van der Waals surface area contributed by atoms with E-state index in [1.54, 1.807) is 0 Å². The number of nitrogens with two attached hydrogens (primary N) is 1. The van der Waals surface area contributed by atoms with Gasteiger partial charge in [-0.1, -0.05) is 25.7 Å². The first-order valence-electron chi connectivity index (χ1n) is 4.60. The summed E-state index contributed by atoms with van der Waals surface area (Å²) >= 11 is 0. The Balaban J connectivity index is 4.48. The lowest BCUT2D eigenvalue weighted by molar-refractivity contribution is 0.878. The van der Waals surface area contributed by atoms with Gasteiger partial charge in [0.15, 0.2) is 0 Å². The van der Waals surface area contributed by atoms with Crippen molar-refractivity contribution in [3.63, 3.8) is 0 Å². The molecule has 2 nitrogen and oxygen atoms in total. The summed E-state index contributed by atoms with van der Waals surface area (Å²) in [6, 6.07) is 0. The van der Waals surface area contributed by atoms with E-state index in [2.05, 4.69) is 25.7 Å². The predicted molar refractivity (Wildman–Crippen MR) is 59.1 cm³/mol. The summed E-state index contributed by atoms with van der Waals surface area (Å²) in [6.07, 6.45) is 4.97. The molecule has 0 radical (unpaired) electrons. The second-order valence-corrected chi connectivity index (χ2v) is 3.06. The minimum Gasteiger partial charge on any atom is -0.363 e. The van der Waals surface area contributed by atoms with Gasteiger partial charge in [-0.25, -0.2) is 0 Å². The van der Waals surface area contributed by atoms with Crippen molar-refractivity contribution in [1.82, 2.24) is 5.32 Å². The van der Waals surface area contributed by atoms with Crippen LogP contribution in [-0.2, 0) is 0 Å². The minimum atomic E-state index is 0.585. The molecule has 0 aromatic heterocycles. The van der Waals surface area contributed by atoms with Crippen molar-refractivity contribution in [1.29, 1.82) is 0 Å². The SMILES string of the molecule is C=C(C)N/C(CC)=C(C)/C=C\CN. The molecule has 3 N–H and O–H groups in total. The summed E-state index contributed by atoms with van der Waals surface area (Å²) in [6.45, 7) is 10.5. The molecule has 0 aliphatic heterocycles. The molecule has 0 spiro atoms. The van der Waals surface area contributed by atoms with Gasteiger partial charge in [-0.05, 0) is 25.8 Å². The van der Waals surface area contributed by atoms with Crippen molar-refractivity contribution in [3.8, 4) is 0 Å². The monoisotopic (exact) mass is 180 g/mol. The number of rotatable bonds is 5. The van der Waals surface area contributed by atoms with Crippen LogP contribution < -0.4 is 11.1 Å². The van der Waals surface area contributed by atoms with Crippen LogP contribution in [0.2, 0.25) is 0 Å². The zero-order valence-electron chi connectivity index (χ0n) is 8.85. The quantitative estimate of drug-likeness (QED) is 0.637. The summed E-state index contributed by atoms with van der Waals surface area (Å²) in [5.41, 5.74) is 8.77. The summed E-state index contributed by atoms with van der Waals surface area (Å²) in [7, 11) is 0. The van der Waals surface area contributed by atoms with Crippen LogP contribution in [0, 0.1) is 0 Å². The zero-order valence-corrected chi connectivity index (χ0v) is 8.85. The molecule has 0 aliphatic carbocycles. The average molecular weight is 180 g/mol. The van der Waals surface area contributed by atoms with E-state index in [1.807, 2.05) is 19.1 Å². The molecule has 0 saturated heterocycles. The van der Waals surface area contributed by atoms with Gasteiger partial charge in [0.1, 0.15) is 0 Å². The van der Waals surface area contributed by atoms with Crippen molar-refractivity contribution in [3.05, 3.63) is 35.7 Å². The molecule has 0 unspecified atom stereocenters. The van der Waals surface area contributed by atoms with Crippen LogP contribution in [0.5, 0.6) is 0 Å². The maximum Gasteiger partial charge on any atom is 0.0175 e. The normalized spacial score (nSPS) is 12.9. The molecule has 0 atom stereocenters. The van der Waals surface area contributed by atoms with E-state index in [0.29, 0.717) is 6.54 Å². The highest BCUT2D eigenvalue weighted by molar-refractivity contribution is 5.24. The van der Waals surface area contributed by atoms with Gasteiger partial charge >= 0.3 is 0 Å². The summed E-state index contributed by atoms with van der Waals surface area (Å²) in [4.78, 5) is 0. The second-order valence-electron chi connectivity index (χ2n) is 3.06. The summed E-state index contributed by atoms with van der Waals surface area (Å²) in [5.74, 6) is 0. The Labute approximate surface area is 81.2 Å². The Morgan fingerprint density at radius 2 is 2.08 bits per heavy atom. The van der Waals surface area contributed by atoms with Gasteiger partial charge in [0.05, 0.1) is 0 Å². The molecule has 0 aromatic rings. The van der Waals surface area contributed by atoms with Gasteiger partial charge in [-0.15, -0.1) is 0 Å². The van der Waals surface area contributed by atoms with E-state index in [9.17, 15) is 0 Å². The smallest absolute Gasteiger partial charge is 0.0175 e. The molecule has 0 aromatic carbocycles. The zero-order chi connectivity index (χ0) is 10.3. The molecule has 0 saturated carbocycles. The molecular weight excluding hydrogens is 160 g/mol. The Hall–Kier alpha value is -1.02. The lowest BCUT2D eigenvalue weighted by atomic mass is 10.1. The van der Waals surface area contributed by atoms with Crippen LogP contribution in [0.3, 0.4) is 0 Å². The van der Waals surface area contributed by atoms with Crippen LogP contribution in [-0.4, -0.2) is 6.54 Å². The molecule has 2 heteroatoms. The number of hydrogen-bond donors (Lipinski definition) is 2. The Morgan fingerprint density at radius 3 is 2.46 bits per heavy atom. The van der Waals surface area contributed by atoms with Gasteiger partial charge in [0.25, 0.3) is 0 Å².